The van der Waals surface area contributed by atoms with Crippen LogP contribution in [0, 0.1) is 11.3 Å². The number of thioether (sulfide) groups is 1. The van der Waals surface area contributed by atoms with Crippen LogP contribution in [-0.4, -0.2) is 80.9 Å². The number of aromatic nitrogens is 3. The Morgan fingerprint density at radius 1 is 1.21 bits per heavy atom. The SMILES string of the molecule is COCOc1cc(-c2nc(SCC(=O)N(C)C)nc3c2c(C#N)cn3COCC[Si](C)(C)C)c(Cl)cc1OC. The lowest BCUT2D eigenvalue weighted by Gasteiger charge is -2.16. The van der Waals surface area contributed by atoms with Crippen LogP contribution in [0.15, 0.2) is 23.5 Å². The number of rotatable bonds is 13. The Morgan fingerprint density at radius 3 is 2.56 bits per heavy atom. The first-order valence-corrected chi connectivity index (χ1v) is 17.3. The number of halogens is 1. The van der Waals surface area contributed by atoms with Gasteiger partial charge in [0, 0.05) is 53.7 Å². The van der Waals surface area contributed by atoms with Crippen LogP contribution in [-0.2, 0) is 21.0 Å². The van der Waals surface area contributed by atoms with E-state index in [0.29, 0.717) is 56.1 Å². The Morgan fingerprint density at radius 2 is 1.95 bits per heavy atom. The highest BCUT2D eigenvalue weighted by atomic mass is 35.5. The van der Waals surface area contributed by atoms with E-state index in [-0.39, 0.29) is 25.2 Å². The average Bonchev–Trinajstić information content (AvgIpc) is 3.25. The number of carbonyl (C=O) groups excluding carboxylic acids is 1. The zero-order chi connectivity index (χ0) is 28.7. The van der Waals surface area contributed by atoms with Crippen LogP contribution in [0.3, 0.4) is 0 Å². The third-order valence-corrected chi connectivity index (χ3v) is 8.56. The number of nitrogens with zero attached hydrogens (tertiary/aromatic N) is 5. The minimum atomic E-state index is -1.27. The first-order chi connectivity index (χ1) is 18.5. The van der Waals surface area contributed by atoms with Gasteiger partial charge in [-0.25, -0.2) is 9.97 Å². The molecule has 3 rings (SSSR count). The minimum absolute atomic E-state index is 0.00104. The molecule has 0 fully saturated rings. The number of benzene rings is 1. The van der Waals surface area contributed by atoms with Crippen LogP contribution in [0.5, 0.6) is 11.5 Å². The van der Waals surface area contributed by atoms with E-state index in [2.05, 4.69) is 25.7 Å². The van der Waals surface area contributed by atoms with E-state index < -0.39 is 8.07 Å². The van der Waals surface area contributed by atoms with E-state index in [1.807, 2.05) is 0 Å². The van der Waals surface area contributed by atoms with Gasteiger partial charge in [-0.2, -0.15) is 5.26 Å². The Hall–Kier alpha value is -2.82. The molecular formula is C26H34ClN5O5SSi. The number of nitriles is 1. The molecule has 0 aliphatic rings. The summed E-state index contributed by atoms with van der Waals surface area (Å²) in [6, 6.07) is 6.59. The van der Waals surface area contributed by atoms with Crippen molar-refractivity contribution >= 4 is 48.4 Å². The van der Waals surface area contributed by atoms with E-state index in [1.54, 1.807) is 37.0 Å². The molecule has 0 aliphatic heterocycles. The second-order valence-electron chi connectivity index (χ2n) is 10.1. The molecule has 2 aromatic heterocycles. The zero-order valence-corrected chi connectivity index (χ0v) is 25.9. The predicted molar refractivity (Wildman–Crippen MR) is 155 cm³/mol. The third-order valence-electron chi connectivity index (χ3n) is 5.71. The summed E-state index contributed by atoms with van der Waals surface area (Å²) in [4.78, 5) is 23.3. The van der Waals surface area contributed by atoms with Gasteiger partial charge >= 0.3 is 0 Å². The fourth-order valence-electron chi connectivity index (χ4n) is 3.52. The first-order valence-electron chi connectivity index (χ1n) is 12.2. The zero-order valence-electron chi connectivity index (χ0n) is 23.3. The number of carbonyl (C=O) groups is 1. The van der Waals surface area contributed by atoms with Gasteiger partial charge in [0.1, 0.15) is 18.4 Å². The van der Waals surface area contributed by atoms with Gasteiger partial charge < -0.3 is 28.4 Å². The summed E-state index contributed by atoms with van der Waals surface area (Å²) >= 11 is 7.92. The van der Waals surface area contributed by atoms with Crippen molar-refractivity contribution in [2.45, 2.75) is 37.6 Å². The summed E-state index contributed by atoms with van der Waals surface area (Å²) in [5, 5.41) is 11.3. The lowest BCUT2D eigenvalue weighted by molar-refractivity contribution is -0.125. The minimum Gasteiger partial charge on any atom is -0.493 e. The standard InChI is InChI=1S/C26H34ClN5O5SSi/c1-31(2)22(33)14-38-26-29-24(18-10-21(37-16-34-3)20(35-4)11-19(18)27)23-17(12-28)13-32(25(23)30-26)15-36-8-9-39(5,6)7/h10-11,13H,8-9,14-16H2,1-7H3. The van der Waals surface area contributed by atoms with E-state index >= 15 is 0 Å². The normalized spacial score (nSPS) is 11.5. The molecule has 0 spiro atoms. The van der Waals surface area contributed by atoms with Crippen LogP contribution >= 0.6 is 23.4 Å². The van der Waals surface area contributed by atoms with Crippen LogP contribution in [0.1, 0.15) is 5.56 Å². The molecule has 3 aromatic rings. The van der Waals surface area contributed by atoms with E-state index in [0.717, 1.165) is 6.04 Å². The van der Waals surface area contributed by atoms with Crippen LogP contribution < -0.4 is 9.47 Å². The van der Waals surface area contributed by atoms with Crippen molar-refractivity contribution in [1.82, 2.24) is 19.4 Å². The van der Waals surface area contributed by atoms with Gasteiger partial charge in [0.15, 0.2) is 23.4 Å². The second kappa shape index (κ2) is 13.5. The van der Waals surface area contributed by atoms with Crippen molar-refractivity contribution in [3.63, 3.8) is 0 Å². The molecule has 1 amide bonds. The summed E-state index contributed by atoms with van der Waals surface area (Å²) in [7, 11) is 5.15. The fraction of sp³-hybridized carbons (Fsp3) is 0.462. The molecule has 0 unspecified atom stereocenters. The maximum atomic E-state index is 12.3. The summed E-state index contributed by atoms with van der Waals surface area (Å²) in [6.45, 7) is 7.69. The van der Waals surface area contributed by atoms with Crippen molar-refractivity contribution < 1.29 is 23.7 Å². The Labute approximate surface area is 239 Å². The van der Waals surface area contributed by atoms with Crippen molar-refractivity contribution in [1.29, 1.82) is 5.26 Å². The molecule has 0 saturated heterocycles. The molecule has 210 valence electrons. The highest BCUT2D eigenvalue weighted by molar-refractivity contribution is 7.99. The van der Waals surface area contributed by atoms with Crippen molar-refractivity contribution in [3.8, 4) is 28.8 Å². The third kappa shape index (κ3) is 7.86. The molecule has 0 radical (unpaired) electrons. The quantitative estimate of drug-likeness (QED) is 0.0880. The maximum absolute atomic E-state index is 12.3. The van der Waals surface area contributed by atoms with Gasteiger partial charge in [-0.05, 0) is 12.1 Å². The lowest BCUT2D eigenvalue weighted by atomic mass is 10.1. The van der Waals surface area contributed by atoms with Gasteiger partial charge in [0.25, 0.3) is 0 Å². The smallest absolute Gasteiger partial charge is 0.232 e. The van der Waals surface area contributed by atoms with Gasteiger partial charge in [0.05, 0.1) is 34.5 Å². The molecular weight excluding hydrogens is 558 g/mol. The highest BCUT2D eigenvalue weighted by Gasteiger charge is 2.23. The molecule has 0 aliphatic carbocycles. The molecule has 0 saturated carbocycles. The molecule has 10 nitrogen and oxygen atoms in total. The number of amides is 1. The lowest BCUT2D eigenvalue weighted by Crippen LogP contribution is -2.23. The van der Waals surface area contributed by atoms with Gasteiger partial charge in [-0.1, -0.05) is 43.0 Å². The summed E-state index contributed by atoms with van der Waals surface area (Å²) < 4.78 is 24.0. The largest absolute Gasteiger partial charge is 0.493 e. The molecule has 1 aromatic carbocycles. The Kier molecular flexibility index (Phi) is 10.6. The number of hydrogen-bond acceptors (Lipinski definition) is 9. The van der Waals surface area contributed by atoms with Gasteiger partial charge in [-0.15, -0.1) is 0 Å². The first kappa shape index (κ1) is 30.7. The van der Waals surface area contributed by atoms with Gasteiger partial charge in [-0.3, -0.25) is 4.79 Å². The fourth-order valence-corrected chi connectivity index (χ4v) is 5.33. The van der Waals surface area contributed by atoms with Gasteiger partial charge in [0.2, 0.25) is 5.91 Å². The molecule has 0 bridgehead atoms. The summed E-state index contributed by atoms with van der Waals surface area (Å²) in [5.74, 6) is 0.890. The topological polar surface area (TPSA) is 112 Å². The molecule has 2 heterocycles. The summed E-state index contributed by atoms with van der Waals surface area (Å²) in [5.41, 5.74) is 1.84. The summed E-state index contributed by atoms with van der Waals surface area (Å²) in [6.07, 6.45) is 1.70. The predicted octanol–water partition coefficient (Wildman–Crippen LogP) is 5.11. The number of hydrogen-bond donors (Lipinski definition) is 0. The molecule has 0 atom stereocenters. The Balaban J connectivity index is 2.17. The van der Waals surface area contributed by atoms with Crippen molar-refractivity contribution in [3.05, 3.63) is 28.9 Å². The van der Waals surface area contributed by atoms with E-state index in [1.165, 1.54) is 30.9 Å². The van der Waals surface area contributed by atoms with Crippen LogP contribution in [0.25, 0.3) is 22.3 Å². The van der Waals surface area contributed by atoms with Crippen LogP contribution in [0.4, 0.5) is 0 Å². The highest BCUT2D eigenvalue weighted by Crippen LogP contribution is 2.41. The van der Waals surface area contributed by atoms with E-state index in [9.17, 15) is 10.1 Å². The molecule has 0 N–H and O–H groups in total. The van der Waals surface area contributed by atoms with Crippen molar-refractivity contribution in [2.24, 2.45) is 0 Å². The number of methoxy groups -OCH3 is 2. The number of ether oxygens (including phenoxy) is 4. The van der Waals surface area contributed by atoms with E-state index in [4.69, 9.17) is 40.5 Å². The van der Waals surface area contributed by atoms with Crippen LogP contribution in [0.2, 0.25) is 30.7 Å². The molecule has 13 heteroatoms. The number of fused-ring (bicyclic) bond motifs is 1. The second-order valence-corrected chi connectivity index (χ2v) is 17.1. The Bertz CT molecular complexity index is 1370. The molecule has 39 heavy (non-hydrogen) atoms. The maximum Gasteiger partial charge on any atom is 0.232 e. The van der Waals surface area contributed by atoms with Crippen molar-refractivity contribution in [2.75, 3.05) is 47.5 Å². The monoisotopic (exact) mass is 591 g/mol. The average molecular weight is 592 g/mol.